The number of anilines is 1. The number of halogens is 1. The Morgan fingerprint density at radius 2 is 1.77 bits per heavy atom. The highest BCUT2D eigenvalue weighted by Crippen LogP contribution is 2.29. The third-order valence-electron chi connectivity index (χ3n) is 3.97. The highest BCUT2D eigenvalue weighted by atomic mass is 35.5. The van der Waals surface area contributed by atoms with Gasteiger partial charge in [0.1, 0.15) is 0 Å². The Hall–Kier alpha value is -2.83. The van der Waals surface area contributed by atoms with E-state index in [0.29, 0.717) is 16.4 Å². The van der Waals surface area contributed by atoms with Crippen molar-refractivity contribution in [2.24, 2.45) is 0 Å². The van der Waals surface area contributed by atoms with Crippen molar-refractivity contribution in [2.75, 3.05) is 4.72 Å². The second-order valence-corrected chi connectivity index (χ2v) is 7.79. The fraction of sp³-hybridized carbons (Fsp3) is 0. The molecule has 0 aliphatic heterocycles. The zero-order chi connectivity index (χ0) is 18.1. The summed E-state index contributed by atoms with van der Waals surface area (Å²) in [6.45, 7) is 0. The van der Waals surface area contributed by atoms with E-state index in [9.17, 15) is 8.42 Å². The number of pyridine rings is 1. The summed E-state index contributed by atoms with van der Waals surface area (Å²) in [5, 5.41) is 0.508. The molecule has 0 bridgehead atoms. The van der Waals surface area contributed by atoms with Crippen molar-refractivity contribution in [3.05, 3.63) is 84.1 Å². The van der Waals surface area contributed by atoms with Crippen molar-refractivity contribution in [3.8, 4) is 5.69 Å². The molecule has 4 aromatic rings. The zero-order valence-electron chi connectivity index (χ0n) is 13.5. The Balaban J connectivity index is 1.84. The smallest absolute Gasteiger partial charge is 0.261 e. The van der Waals surface area contributed by atoms with Crippen LogP contribution in [0.15, 0.2) is 84.0 Å². The summed E-state index contributed by atoms with van der Waals surface area (Å²) in [5.74, 6) is 0. The van der Waals surface area contributed by atoms with Crippen LogP contribution in [0, 0.1) is 0 Å². The molecule has 4 rings (SSSR count). The molecule has 0 amide bonds. The van der Waals surface area contributed by atoms with Crippen LogP contribution in [0.1, 0.15) is 0 Å². The molecule has 0 saturated carbocycles. The van der Waals surface area contributed by atoms with E-state index in [1.807, 2.05) is 29.0 Å². The minimum Gasteiger partial charge on any atom is -0.313 e. The Morgan fingerprint density at radius 3 is 2.58 bits per heavy atom. The molecule has 130 valence electrons. The van der Waals surface area contributed by atoms with Crippen LogP contribution < -0.4 is 4.72 Å². The molecule has 7 heteroatoms. The third-order valence-corrected chi connectivity index (χ3v) is 5.59. The lowest BCUT2D eigenvalue weighted by Gasteiger charge is -2.15. The number of nitrogens with zero attached hydrogens (tertiary/aromatic N) is 2. The van der Waals surface area contributed by atoms with Crippen LogP contribution in [0.25, 0.3) is 16.7 Å². The van der Waals surface area contributed by atoms with E-state index < -0.39 is 10.0 Å². The van der Waals surface area contributed by atoms with Gasteiger partial charge >= 0.3 is 0 Å². The van der Waals surface area contributed by atoms with Crippen LogP contribution in [0.4, 0.5) is 5.69 Å². The zero-order valence-corrected chi connectivity index (χ0v) is 15.1. The molecule has 0 aliphatic carbocycles. The minimum atomic E-state index is -3.72. The molecule has 0 spiro atoms. The molecule has 0 saturated heterocycles. The van der Waals surface area contributed by atoms with Crippen molar-refractivity contribution < 1.29 is 8.42 Å². The summed E-state index contributed by atoms with van der Waals surface area (Å²) >= 11 is 6.17. The molecular weight excluding hydrogens is 370 g/mol. The maximum absolute atomic E-state index is 12.7. The average molecular weight is 384 g/mol. The van der Waals surface area contributed by atoms with Gasteiger partial charge in [-0.15, -0.1) is 0 Å². The van der Waals surface area contributed by atoms with E-state index in [0.717, 1.165) is 11.0 Å². The van der Waals surface area contributed by atoms with Gasteiger partial charge in [0.05, 0.1) is 27.3 Å². The second kappa shape index (κ2) is 6.48. The molecule has 2 aromatic heterocycles. The van der Waals surface area contributed by atoms with E-state index in [4.69, 9.17) is 11.6 Å². The van der Waals surface area contributed by atoms with Gasteiger partial charge in [-0.25, -0.2) is 8.42 Å². The van der Waals surface area contributed by atoms with Gasteiger partial charge in [-0.3, -0.25) is 9.71 Å². The fourth-order valence-corrected chi connectivity index (χ4v) is 4.03. The molecule has 0 unspecified atom stereocenters. The molecular formula is C19H14ClN3O2S. The molecule has 5 nitrogen and oxygen atoms in total. The van der Waals surface area contributed by atoms with Crippen molar-refractivity contribution in [2.45, 2.75) is 4.90 Å². The lowest BCUT2D eigenvalue weighted by atomic mass is 10.2. The van der Waals surface area contributed by atoms with Crippen LogP contribution in [0.5, 0.6) is 0 Å². The van der Waals surface area contributed by atoms with Gasteiger partial charge in [-0.1, -0.05) is 29.8 Å². The van der Waals surface area contributed by atoms with Crippen molar-refractivity contribution in [1.82, 2.24) is 9.55 Å². The summed E-state index contributed by atoms with van der Waals surface area (Å²) in [6, 6.07) is 18.9. The van der Waals surface area contributed by atoms with Gasteiger partial charge in [0.25, 0.3) is 10.0 Å². The lowest BCUT2D eigenvalue weighted by Crippen LogP contribution is -2.14. The standard InChI is InChI=1S/C19H14ClN3O2S/c20-14-8-9-17(22-26(24,25)15-5-2-1-3-6-15)19(13-14)23-12-10-16-18(23)7-4-11-21-16/h1-13,22H. The Morgan fingerprint density at radius 1 is 0.962 bits per heavy atom. The first-order chi connectivity index (χ1) is 12.5. The third kappa shape index (κ3) is 3.05. The number of rotatable bonds is 4. The Labute approximate surface area is 155 Å². The minimum absolute atomic E-state index is 0.194. The van der Waals surface area contributed by atoms with E-state index >= 15 is 0 Å². The van der Waals surface area contributed by atoms with Crippen LogP contribution in [-0.2, 0) is 10.0 Å². The number of benzene rings is 2. The first kappa shape index (κ1) is 16.6. The number of nitrogens with one attached hydrogen (secondary N) is 1. The van der Waals surface area contributed by atoms with Crippen LogP contribution >= 0.6 is 11.6 Å². The predicted octanol–water partition coefficient (Wildman–Crippen LogP) is 4.48. The predicted molar refractivity (Wildman–Crippen MR) is 103 cm³/mol. The summed E-state index contributed by atoms with van der Waals surface area (Å²) in [4.78, 5) is 4.50. The number of sulfonamides is 1. The molecule has 2 aromatic carbocycles. The van der Waals surface area contributed by atoms with Gasteiger partial charge in [0.2, 0.25) is 0 Å². The molecule has 1 N–H and O–H groups in total. The lowest BCUT2D eigenvalue weighted by molar-refractivity contribution is 0.601. The second-order valence-electron chi connectivity index (χ2n) is 5.67. The normalized spacial score (nSPS) is 11.6. The topological polar surface area (TPSA) is 64.0 Å². The molecule has 0 radical (unpaired) electrons. The van der Waals surface area contributed by atoms with Crippen molar-refractivity contribution in [1.29, 1.82) is 0 Å². The van der Waals surface area contributed by atoms with Crippen molar-refractivity contribution >= 4 is 38.3 Å². The van der Waals surface area contributed by atoms with Crippen LogP contribution in [0.3, 0.4) is 0 Å². The van der Waals surface area contributed by atoms with Gasteiger partial charge in [-0.2, -0.15) is 0 Å². The maximum atomic E-state index is 12.7. The van der Waals surface area contributed by atoms with Crippen LogP contribution in [-0.4, -0.2) is 18.0 Å². The van der Waals surface area contributed by atoms with E-state index in [2.05, 4.69) is 9.71 Å². The summed E-state index contributed by atoms with van der Waals surface area (Å²) in [7, 11) is -3.72. The molecule has 0 fully saturated rings. The molecule has 26 heavy (non-hydrogen) atoms. The number of hydrogen-bond acceptors (Lipinski definition) is 3. The quantitative estimate of drug-likeness (QED) is 0.565. The van der Waals surface area contributed by atoms with Gasteiger partial charge in [0.15, 0.2) is 0 Å². The molecule has 2 heterocycles. The van der Waals surface area contributed by atoms with Gasteiger partial charge in [-0.05, 0) is 48.5 Å². The van der Waals surface area contributed by atoms with E-state index in [1.165, 1.54) is 0 Å². The fourth-order valence-electron chi connectivity index (χ4n) is 2.77. The summed E-state index contributed by atoms with van der Waals surface area (Å²) in [6.07, 6.45) is 3.55. The number of fused-ring (bicyclic) bond motifs is 1. The highest BCUT2D eigenvalue weighted by Gasteiger charge is 2.17. The largest absolute Gasteiger partial charge is 0.313 e. The first-order valence-electron chi connectivity index (χ1n) is 7.84. The Kier molecular flexibility index (Phi) is 4.14. The summed E-state index contributed by atoms with van der Waals surface area (Å²) < 4.78 is 29.9. The summed E-state index contributed by atoms with van der Waals surface area (Å²) in [5.41, 5.74) is 2.72. The molecule has 0 aliphatic rings. The SMILES string of the molecule is O=S(=O)(Nc1ccc(Cl)cc1-n1ccc2ncccc21)c1ccccc1. The van der Waals surface area contributed by atoms with Gasteiger partial charge < -0.3 is 4.57 Å². The number of hydrogen-bond donors (Lipinski definition) is 1. The average Bonchev–Trinajstić information content (AvgIpc) is 3.08. The highest BCUT2D eigenvalue weighted by molar-refractivity contribution is 7.92. The monoisotopic (exact) mass is 383 g/mol. The van der Waals surface area contributed by atoms with E-state index in [1.54, 1.807) is 54.7 Å². The Bertz CT molecular complexity index is 1190. The van der Waals surface area contributed by atoms with Gasteiger partial charge in [0, 0.05) is 17.4 Å². The number of aromatic nitrogens is 2. The van der Waals surface area contributed by atoms with E-state index in [-0.39, 0.29) is 4.90 Å². The maximum Gasteiger partial charge on any atom is 0.261 e. The first-order valence-corrected chi connectivity index (χ1v) is 9.70. The molecule has 0 atom stereocenters. The van der Waals surface area contributed by atoms with Crippen LogP contribution in [0.2, 0.25) is 5.02 Å². The van der Waals surface area contributed by atoms with Crippen molar-refractivity contribution in [3.63, 3.8) is 0 Å².